The monoisotopic (exact) mass is 532 g/mol. The van der Waals surface area contributed by atoms with Crippen LogP contribution in [0.3, 0.4) is 0 Å². The number of likely N-dealkylation sites (tertiary alicyclic amines) is 1. The average Bonchev–Trinajstić information content (AvgIpc) is 2.95. The van der Waals surface area contributed by atoms with E-state index in [9.17, 15) is 18.8 Å². The Morgan fingerprint density at radius 3 is 2.23 bits per heavy atom. The summed E-state index contributed by atoms with van der Waals surface area (Å²) in [6.45, 7) is 4.67. The minimum absolute atomic E-state index is 0.0289. The lowest BCUT2D eigenvalue weighted by Gasteiger charge is -2.38. The van der Waals surface area contributed by atoms with Gasteiger partial charge in [-0.15, -0.1) is 0 Å². The van der Waals surface area contributed by atoms with E-state index in [4.69, 9.17) is 9.47 Å². The summed E-state index contributed by atoms with van der Waals surface area (Å²) in [5.74, 6) is 0.644. The van der Waals surface area contributed by atoms with E-state index >= 15 is 0 Å². The summed E-state index contributed by atoms with van der Waals surface area (Å²) in [7, 11) is 1.55. The Balaban J connectivity index is 1.40. The van der Waals surface area contributed by atoms with Gasteiger partial charge in [-0.2, -0.15) is 5.26 Å². The Kier molecular flexibility index (Phi) is 9.32. The molecule has 0 spiro atoms. The minimum Gasteiger partial charge on any atom is -0.493 e. The average molecular weight is 533 g/mol. The van der Waals surface area contributed by atoms with Gasteiger partial charge in [-0.25, -0.2) is 8.78 Å². The Morgan fingerprint density at radius 2 is 1.67 bits per heavy atom. The zero-order chi connectivity index (χ0) is 27.8. The van der Waals surface area contributed by atoms with Crippen LogP contribution in [0.1, 0.15) is 54.1 Å². The van der Waals surface area contributed by atoms with E-state index in [0.717, 1.165) is 38.9 Å². The van der Waals surface area contributed by atoms with Crippen LogP contribution in [-0.4, -0.2) is 44.0 Å². The van der Waals surface area contributed by atoms with Gasteiger partial charge in [-0.1, -0.05) is 24.3 Å². The molecule has 5 nitrogen and oxygen atoms in total. The Bertz CT molecular complexity index is 1260. The second kappa shape index (κ2) is 12.9. The molecule has 1 aliphatic rings. The van der Waals surface area contributed by atoms with Crippen LogP contribution >= 0.6 is 0 Å². The molecule has 1 fully saturated rings. The first-order valence-electron chi connectivity index (χ1n) is 13.3. The van der Waals surface area contributed by atoms with Crippen LogP contribution in [0.25, 0.3) is 0 Å². The van der Waals surface area contributed by atoms with Crippen LogP contribution in [0.5, 0.6) is 11.5 Å². The second-order valence-corrected chi connectivity index (χ2v) is 10.2. The molecule has 0 saturated carbocycles. The Hall–Kier alpha value is -3.76. The number of nitrogens with zero attached hydrogens (tertiary/aromatic N) is 2. The number of methoxy groups -OCH3 is 1. The van der Waals surface area contributed by atoms with Crippen LogP contribution < -0.4 is 9.47 Å². The molecule has 0 aliphatic carbocycles. The summed E-state index contributed by atoms with van der Waals surface area (Å²) >= 11 is 0. The van der Waals surface area contributed by atoms with Gasteiger partial charge in [-0.3, -0.25) is 4.79 Å². The molecule has 204 valence electrons. The molecule has 0 N–H and O–H groups in total. The molecule has 1 atom stereocenters. The van der Waals surface area contributed by atoms with Crippen molar-refractivity contribution in [1.29, 1.82) is 5.26 Å². The summed E-state index contributed by atoms with van der Waals surface area (Å²) in [5, 5.41) is 10.5. The summed E-state index contributed by atoms with van der Waals surface area (Å²) in [4.78, 5) is 14.0. The maximum atomic E-state index is 13.7. The number of piperidine rings is 1. The highest BCUT2D eigenvalue weighted by atomic mass is 19.1. The largest absolute Gasteiger partial charge is 0.493 e. The molecule has 0 radical (unpaired) electrons. The lowest BCUT2D eigenvalue weighted by Crippen LogP contribution is -2.40. The predicted molar refractivity (Wildman–Crippen MR) is 146 cm³/mol. The third-order valence-electron chi connectivity index (χ3n) is 7.51. The molecule has 39 heavy (non-hydrogen) atoms. The highest BCUT2D eigenvalue weighted by Gasteiger charge is 2.38. The summed E-state index contributed by atoms with van der Waals surface area (Å²) in [6, 6.07) is 19.9. The van der Waals surface area contributed by atoms with Crippen LogP contribution in [-0.2, 0) is 5.41 Å². The lowest BCUT2D eigenvalue weighted by molar-refractivity contribution is 0.101. The molecule has 3 aromatic carbocycles. The quantitative estimate of drug-likeness (QED) is 0.207. The molecule has 3 aromatic rings. The zero-order valence-electron chi connectivity index (χ0n) is 22.5. The molecule has 0 aromatic heterocycles. The van der Waals surface area contributed by atoms with Crippen LogP contribution in [0.2, 0.25) is 0 Å². The molecule has 0 bridgehead atoms. The molecule has 1 heterocycles. The molecule has 1 aliphatic heterocycles. The van der Waals surface area contributed by atoms with E-state index in [-0.39, 0.29) is 23.3 Å². The van der Waals surface area contributed by atoms with Crippen molar-refractivity contribution in [3.05, 3.63) is 95.1 Å². The van der Waals surface area contributed by atoms with Crippen molar-refractivity contribution in [2.75, 3.05) is 33.4 Å². The SMILES string of the molecule is COc1cc(C(C)=O)ccc1OCCCN1CCCC(CC(C#N)(c2ccc(F)cc2)c2ccc(F)cc2)C1. The Morgan fingerprint density at radius 1 is 1.03 bits per heavy atom. The van der Waals surface area contributed by atoms with Gasteiger partial charge in [0, 0.05) is 18.7 Å². The fourth-order valence-corrected chi connectivity index (χ4v) is 5.48. The lowest BCUT2D eigenvalue weighted by atomic mass is 9.69. The number of rotatable bonds is 11. The van der Waals surface area contributed by atoms with E-state index in [2.05, 4.69) is 11.0 Å². The highest BCUT2D eigenvalue weighted by molar-refractivity contribution is 5.94. The van der Waals surface area contributed by atoms with Crippen molar-refractivity contribution in [1.82, 2.24) is 4.90 Å². The standard InChI is InChI=1S/C32H34F2N2O3/c1-23(37)25-6-15-30(31(19-25)38-2)39-18-4-17-36-16-3-5-24(21-36)20-32(22-35,26-7-11-28(33)12-8-26)27-9-13-29(34)14-10-27/h6-15,19,24H,3-5,16-18,20-21H2,1-2H3. The number of halogens is 2. The van der Waals surface area contributed by atoms with E-state index in [0.29, 0.717) is 41.2 Å². The van der Waals surface area contributed by atoms with Crippen molar-refractivity contribution in [3.8, 4) is 17.6 Å². The zero-order valence-corrected chi connectivity index (χ0v) is 22.5. The fraction of sp³-hybridized carbons (Fsp3) is 0.375. The van der Waals surface area contributed by atoms with Crippen molar-refractivity contribution < 1.29 is 23.0 Å². The van der Waals surface area contributed by atoms with Gasteiger partial charge in [0.2, 0.25) is 0 Å². The number of ether oxygens (including phenoxy) is 2. The molecule has 4 rings (SSSR count). The molecular weight excluding hydrogens is 498 g/mol. The summed E-state index contributed by atoms with van der Waals surface area (Å²) in [6.07, 6.45) is 3.37. The number of carbonyl (C=O) groups excluding carboxylic acids is 1. The van der Waals surface area contributed by atoms with Crippen molar-refractivity contribution in [2.24, 2.45) is 5.92 Å². The van der Waals surface area contributed by atoms with E-state index in [1.807, 2.05) is 0 Å². The number of ketones is 1. The van der Waals surface area contributed by atoms with Crippen LogP contribution in [0.4, 0.5) is 8.78 Å². The molecule has 1 unspecified atom stereocenters. The molecular formula is C32H34F2N2O3. The third-order valence-corrected chi connectivity index (χ3v) is 7.51. The fourth-order valence-electron chi connectivity index (χ4n) is 5.48. The first-order valence-corrected chi connectivity index (χ1v) is 13.3. The van der Waals surface area contributed by atoms with E-state index in [1.165, 1.54) is 31.2 Å². The molecule has 7 heteroatoms. The number of benzene rings is 3. The van der Waals surface area contributed by atoms with E-state index < -0.39 is 5.41 Å². The summed E-state index contributed by atoms with van der Waals surface area (Å²) in [5.41, 5.74) is 1.01. The maximum Gasteiger partial charge on any atom is 0.161 e. The number of carbonyl (C=O) groups is 1. The molecule has 1 saturated heterocycles. The van der Waals surface area contributed by atoms with Gasteiger partial charge < -0.3 is 14.4 Å². The summed E-state index contributed by atoms with van der Waals surface area (Å²) < 4.78 is 38.8. The molecule has 0 amide bonds. The van der Waals surface area contributed by atoms with Crippen LogP contribution in [0, 0.1) is 28.9 Å². The highest BCUT2D eigenvalue weighted by Crippen LogP contribution is 2.40. The number of hydrogen-bond donors (Lipinski definition) is 0. The number of hydrogen-bond acceptors (Lipinski definition) is 5. The third kappa shape index (κ3) is 6.82. The Labute approximate surface area is 229 Å². The van der Waals surface area contributed by atoms with E-state index in [1.54, 1.807) is 49.6 Å². The normalized spacial score (nSPS) is 15.9. The van der Waals surface area contributed by atoms with Gasteiger partial charge >= 0.3 is 0 Å². The predicted octanol–water partition coefficient (Wildman–Crippen LogP) is 6.56. The van der Waals surface area contributed by atoms with Gasteiger partial charge in [0.1, 0.15) is 17.0 Å². The van der Waals surface area contributed by atoms with Crippen molar-refractivity contribution in [3.63, 3.8) is 0 Å². The van der Waals surface area contributed by atoms with Crippen LogP contribution in [0.15, 0.2) is 66.7 Å². The minimum atomic E-state index is -0.999. The first kappa shape index (κ1) is 28.3. The van der Waals surface area contributed by atoms with Gasteiger partial charge in [0.25, 0.3) is 0 Å². The van der Waals surface area contributed by atoms with Crippen molar-refractivity contribution >= 4 is 5.78 Å². The van der Waals surface area contributed by atoms with Crippen molar-refractivity contribution in [2.45, 2.75) is 38.0 Å². The maximum absolute atomic E-state index is 13.7. The van der Waals surface area contributed by atoms with Gasteiger partial charge in [0.05, 0.1) is 19.8 Å². The smallest absolute Gasteiger partial charge is 0.161 e. The first-order chi connectivity index (χ1) is 18.8. The number of Topliss-reactive ketones (excluding diaryl/α,β-unsaturated/α-hetero) is 1. The second-order valence-electron chi connectivity index (χ2n) is 10.2. The number of nitriles is 1. The topological polar surface area (TPSA) is 62.6 Å². The van der Waals surface area contributed by atoms with Gasteiger partial charge in [0.15, 0.2) is 17.3 Å². The van der Waals surface area contributed by atoms with Gasteiger partial charge in [-0.05, 0) is 98.7 Å².